The van der Waals surface area contributed by atoms with Crippen LogP contribution in [0.2, 0.25) is 0 Å². The molecule has 0 aliphatic heterocycles. The Balaban J connectivity index is 2.43. The van der Waals surface area contributed by atoms with E-state index >= 15 is 0 Å². The highest BCUT2D eigenvalue weighted by molar-refractivity contribution is 4.94. The second-order valence-electron chi connectivity index (χ2n) is 3.48. The number of rotatable bonds is 2. The Morgan fingerprint density at radius 3 is 2.36 bits per heavy atom. The smallest absolute Gasteiger partial charge is 0.0956 e. The van der Waals surface area contributed by atoms with Gasteiger partial charge >= 0.3 is 0 Å². The molecule has 1 saturated carbocycles. The molecule has 2 heteroatoms. The van der Waals surface area contributed by atoms with Crippen LogP contribution in [0.25, 0.3) is 0 Å². The van der Waals surface area contributed by atoms with Crippen molar-refractivity contribution < 1.29 is 9.50 Å². The summed E-state index contributed by atoms with van der Waals surface area (Å²) in [6.07, 6.45) is 4.80. The molecule has 1 nitrogen and oxygen atoms in total. The number of halogens is 1. The van der Waals surface area contributed by atoms with Crippen LogP contribution < -0.4 is 0 Å². The van der Waals surface area contributed by atoms with Crippen LogP contribution >= 0.6 is 0 Å². The largest absolute Gasteiger partial charge is 0.389 e. The average molecular weight is 158 g/mol. The Labute approximate surface area is 66.9 Å². The highest BCUT2D eigenvalue weighted by Gasteiger charge is 2.29. The number of hydrogen-bond acceptors (Lipinski definition) is 1. The molecule has 0 bridgehead atoms. The van der Waals surface area contributed by atoms with E-state index in [1.54, 1.807) is 0 Å². The maximum Gasteiger partial charge on any atom is 0.0956 e. The van der Waals surface area contributed by atoms with Gasteiger partial charge in [0.1, 0.15) is 0 Å². The Morgan fingerprint density at radius 2 is 1.91 bits per heavy atom. The van der Waals surface area contributed by atoms with E-state index in [4.69, 9.17) is 0 Å². The van der Waals surface area contributed by atoms with Crippen LogP contribution in [0.3, 0.4) is 0 Å². The molecular formula is C9H15FO. The molecule has 0 aromatic rings. The lowest BCUT2D eigenvalue weighted by Crippen LogP contribution is -2.31. The second-order valence-corrected chi connectivity index (χ2v) is 3.48. The van der Waals surface area contributed by atoms with Gasteiger partial charge < -0.3 is 5.11 Å². The van der Waals surface area contributed by atoms with Crippen molar-refractivity contribution in [1.29, 1.82) is 0 Å². The first-order valence-corrected chi connectivity index (χ1v) is 4.18. The molecule has 1 rings (SSSR count). The van der Waals surface area contributed by atoms with E-state index < -0.39 is 11.4 Å². The average Bonchev–Trinajstić information content (AvgIpc) is 1.85. The summed E-state index contributed by atoms with van der Waals surface area (Å²) in [5.41, 5.74) is -0.774. The van der Waals surface area contributed by atoms with Crippen molar-refractivity contribution >= 4 is 0 Å². The lowest BCUT2D eigenvalue weighted by atomic mass is 9.82. The minimum atomic E-state index is -0.774. The van der Waals surface area contributed by atoms with Crippen molar-refractivity contribution in [2.75, 3.05) is 0 Å². The highest BCUT2D eigenvalue weighted by Crippen LogP contribution is 2.32. The second kappa shape index (κ2) is 3.35. The molecule has 0 aromatic carbocycles. The summed E-state index contributed by atoms with van der Waals surface area (Å²) in [6.45, 7) is 3.17. The van der Waals surface area contributed by atoms with E-state index in [0.29, 0.717) is 0 Å². The summed E-state index contributed by atoms with van der Waals surface area (Å²) < 4.78 is 12.4. The molecule has 1 aliphatic carbocycles. The summed E-state index contributed by atoms with van der Waals surface area (Å²) in [7, 11) is 0. The first-order chi connectivity index (χ1) is 5.12. The molecule has 11 heavy (non-hydrogen) atoms. The molecular weight excluding hydrogens is 143 g/mol. The van der Waals surface area contributed by atoms with E-state index in [2.05, 4.69) is 6.58 Å². The third-order valence-corrected chi connectivity index (χ3v) is 2.31. The topological polar surface area (TPSA) is 20.2 Å². The highest BCUT2D eigenvalue weighted by atomic mass is 19.1. The van der Waals surface area contributed by atoms with Gasteiger partial charge in [-0.3, -0.25) is 0 Å². The van der Waals surface area contributed by atoms with Crippen molar-refractivity contribution in [3.63, 3.8) is 0 Å². The van der Waals surface area contributed by atoms with Crippen LogP contribution in [0.1, 0.15) is 38.5 Å². The standard InChI is InChI=1S/C9H15FO/c1-8(10)7-9(11)5-3-2-4-6-9/h11H,1-7H2. The van der Waals surface area contributed by atoms with E-state index in [0.717, 1.165) is 25.7 Å². The van der Waals surface area contributed by atoms with Gasteiger partial charge in [-0.15, -0.1) is 0 Å². The van der Waals surface area contributed by atoms with Crippen molar-refractivity contribution in [1.82, 2.24) is 0 Å². The molecule has 0 heterocycles. The third-order valence-electron chi connectivity index (χ3n) is 2.31. The van der Waals surface area contributed by atoms with Gasteiger partial charge in [0, 0.05) is 6.42 Å². The van der Waals surface area contributed by atoms with Gasteiger partial charge in [0.25, 0.3) is 0 Å². The van der Waals surface area contributed by atoms with Gasteiger partial charge in [-0.05, 0) is 12.8 Å². The Morgan fingerprint density at radius 1 is 1.36 bits per heavy atom. The zero-order valence-electron chi connectivity index (χ0n) is 6.77. The fourth-order valence-electron chi connectivity index (χ4n) is 1.74. The first kappa shape index (κ1) is 8.72. The monoisotopic (exact) mass is 158 g/mol. The van der Waals surface area contributed by atoms with Crippen LogP contribution in [-0.4, -0.2) is 10.7 Å². The molecule has 0 unspecified atom stereocenters. The van der Waals surface area contributed by atoms with Crippen molar-refractivity contribution in [2.24, 2.45) is 0 Å². The predicted octanol–water partition coefficient (Wildman–Crippen LogP) is 2.55. The molecule has 0 saturated heterocycles. The fraction of sp³-hybridized carbons (Fsp3) is 0.778. The summed E-state index contributed by atoms with van der Waals surface area (Å²) in [5.74, 6) is -0.394. The van der Waals surface area contributed by atoms with Gasteiger partial charge in [-0.1, -0.05) is 25.8 Å². The molecule has 0 spiro atoms. The normalized spacial score (nSPS) is 23.1. The van der Waals surface area contributed by atoms with Gasteiger partial charge in [0.05, 0.1) is 11.4 Å². The summed E-state index contributed by atoms with van der Waals surface area (Å²) in [4.78, 5) is 0. The minimum Gasteiger partial charge on any atom is -0.389 e. The molecule has 0 atom stereocenters. The van der Waals surface area contributed by atoms with E-state index in [-0.39, 0.29) is 6.42 Å². The van der Waals surface area contributed by atoms with E-state index in [1.807, 2.05) is 0 Å². The van der Waals surface area contributed by atoms with Gasteiger partial charge in [-0.25, -0.2) is 4.39 Å². The lowest BCUT2D eigenvalue weighted by molar-refractivity contribution is 0.000474. The van der Waals surface area contributed by atoms with Crippen LogP contribution in [0.15, 0.2) is 12.4 Å². The minimum absolute atomic E-state index is 0.132. The summed E-state index contributed by atoms with van der Waals surface area (Å²) in [6, 6.07) is 0. The lowest BCUT2D eigenvalue weighted by Gasteiger charge is -2.31. The van der Waals surface area contributed by atoms with Gasteiger partial charge in [-0.2, -0.15) is 0 Å². The number of aliphatic hydroxyl groups is 1. The Bertz CT molecular complexity index is 148. The van der Waals surface area contributed by atoms with Crippen molar-refractivity contribution in [2.45, 2.75) is 44.1 Å². The van der Waals surface area contributed by atoms with Crippen LogP contribution in [0.5, 0.6) is 0 Å². The predicted molar refractivity (Wildman–Crippen MR) is 42.9 cm³/mol. The quantitative estimate of drug-likeness (QED) is 0.654. The molecule has 0 aromatic heterocycles. The summed E-state index contributed by atoms with van der Waals surface area (Å²) in [5, 5.41) is 9.74. The van der Waals surface area contributed by atoms with Gasteiger partial charge in [0.2, 0.25) is 0 Å². The SMILES string of the molecule is C=C(F)CC1(O)CCCCC1. The molecule has 1 fully saturated rings. The Kier molecular flexibility index (Phi) is 2.66. The maximum atomic E-state index is 12.4. The Hall–Kier alpha value is -0.370. The summed E-state index contributed by atoms with van der Waals surface area (Å²) >= 11 is 0. The van der Waals surface area contributed by atoms with Crippen LogP contribution in [0, 0.1) is 0 Å². The van der Waals surface area contributed by atoms with E-state index in [9.17, 15) is 9.50 Å². The molecule has 0 amide bonds. The zero-order valence-corrected chi connectivity index (χ0v) is 6.77. The molecule has 0 radical (unpaired) electrons. The number of hydrogen-bond donors (Lipinski definition) is 1. The van der Waals surface area contributed by atoms with Gasteiger partial charge in [0.15, 0.2) is 0 Å². The van der Waals surface area contributed by atoms with E-state index in [1.165, 1.54) is 6.42 Å². The molecule has 64 valence electrons. The van der Waals surface area contributed by atoms with Crippen molar-refractivity contribution in [3.8, 4) is 0 Å². The van der Waals surface area contributed by atoms with Crippen LogP contribution in [0.4, 0.5) is 4.39 Å². The van der Waals surface area contributed by atoms with Crippen LogP contribution in [-0.2, 0) is 0 Å². The zero-order chi connectivity index (χ0) is 8.32. The first-order valence-electron chi connectivity index (χ1n) is 4.18. The van der Waals surface area contributed by atoms with Crippen molar-refractivity contribution in [3.05, 3.63) is 12.4 Å². The molecule has 1 aliphatic rings. The molecule has 1 N–H and O–H groups in total. The fourth-order valence-corrected chi connectivity index (χ4v) is 1.74. The maximum absolute atomic E-state index is 12.4. The third kappa shape index (κ3) is 2.62.